The third kappa shape index (κ3) is 2.95. The fourth-order valence-corrected chi connectivity index (χ4v) is 2.05. The van der Waals surface area contributed by atoms with Crippen LogP contribution in [0.3, 0.4) is 0 Å². The van der Waals surface area contributed by atoms with Crippen molar-refractivity contribution in [3.05, 3.63) is 70.8 Å². The van der Waals surface area contributed by atoms with Gasteiger partial charge in [-0.25, -0.2) is 17.6 Å². The molecule has 1 unspecified atom stereocenters. The highest BCUT2D eigenvalue weighted by Gasteiger charge is 2.25. The molecular weight excluding hydrogens is 298 g/mol. The van der Waals surface area contributed by atoms with Crippen LogP contribution in [0.4, 0.5) is 17.6 Å². The molecule has 1 amide bonds. The highest BCUT2D eigenvalue weighted by molar-refractivity contribution is 5.94. The number of hydrogen-bond acceptors (Lipinski definition) is 1. The predicted molar refractivity (Wildman–Crippen MR) is 73.2 cm³/mol. The Morgan fingerprint density at radius 1 is 0.955 bits per heavy atom. The van der Waals surface area contributed by atoms with Gasteiger partial charge in [-0.2, -0.15) is 0 Å². The molecule has 116 valence electrons. The number of rotatable bonds is 3. The summed E-state index contributed by atoms with van der Waals surface area (Å²) >= 11 is 0. The molecule has 0 aliphatic carbocycles. The minimum Gasteiger partial charge on any atom is -0.335 e. The van der Waals surface area contributed by atoms with Crippen molar-refractivity contribution in [2.24, 2.45) is 0 Å². The normalized spacial score (nSPS) is 12.1. The molecule has 2 aromatic rings. The first-order chi connectivity index (χ1) is 10.3. The predicted octanol–water partition coefficient (Wildman–Crippen LogP) is 4.08. The number of carbonyl (C=O) groups excluding carboxylic acids is 1. The largest absolute Gasteiger partial charge is 0.335 e. The van der Waals surface area contributed by atoms with Crippen molar-refractivity contribution < 1.29 is 22.4 Å². The van der Waals surface area contributed by atoms with Gasteiger partial charge >= 0.3 is 0 Å². The van der Waals surface area contributed by atoms with Gasteiger partial charge < -0.3 is 4.90 Å². The number of amides is 1. The second-order valence-electron chi connectivity index (χ2n) is 4.86. The zero-order valence-corrected chi connectivity index (χ0v) is 11.9. The van der Waals surface area contributed by atoms with Crippen LogP contribution in [0.1, 0.15) is 28.9 Å². The Kier molecular flexibility index (Phi) is 4.49. The lowest BCUT2D eigenvalue weighted by atomic mass is 10.1. The van der Waals surface area contributed by atoms with E-state index in [-0.39, 0.29) is 0 Å². The molecule has 2 aromatic carbocycles. The molecule has 0 N–H and O–H groups in total. The summed E-state index contributed by atoms with van der Waals surface area (Å²) in [5.41, 5.74) is -0.370. The van der Waals surface area contributed by atoms with Gasteiger partial charge in [0.05, 0.1) is 6.04 Å². The van der Waals surface area contributed by atoms with Gasteiger partial charge in [0.15, 0.2) is 11.6 Å². The molecule has 0 aliphatic heterocycles. The molecule has 0 heterocycles. The summed E-state index contributed by atoms with van der Waals surface area (Å²) in [6.45, 7) is 1.54. The van der Waals surface area contributed by atoms with Crippen LogP contribution in [0.15, 0.2) is 36.4 Å². The standard InChI is InChI=1S/C16H13F4NO/c1-9(10-6-7-11(17)14(20)8-10)21(2)16(22)15-12(18)4-3-5-13(15)19/h3-9H,1-2H3. The minimum absolute atomic E-state index is 0.312. The minimum atomic E-state index is -1.05. The van der Waals surface area contributed by atoms with E-state index in [0.717, 1.165) is 35.2 Å². The van der Waals surface area contributed by atoms with Gasteiger partial charge in [0, 0.05) is 7.05 Å². The quantitative estimate of drug-likeness (QED) is 0.782. The van der Waals surface area contributed by atoms with E-state index in [1.807, 2.05) is 0 Å². The van der Waals surface area contributed by atoms with Crippen LogP contribution in [0.2, 0.25) is 0 Å². The Bertz CT molecular complexity index is 697. The van der Waals surface area contributed by atoms with E-state index in [1.165, 1.54) is 13.1 Å². The maximum atomic E-state index is 13.6. The van der Waals surface area contributed by atoms with E-state index in [2.05, 4.69) is 0 Å². The lowest BCUT2D eigenvalue weighted by Crippen LogP contribution is -2.31. The molecule has 0 fully saturated rings. The van der Waals surface area contributed by atoms with Crippen molar-refractivity contribution in [1.82, 2.24) is 4.90 Å². The van der Waals surface area contributed by atoms with E-state index in [0.29, 0.717) is 5.56 Å². The Balaban J connectivity index is 2.32. The second kappa shape index (κ2) is 6.17. The molecule has 0 saturated heterocycles. The fourth-order valence-electron chi connectivity index (χ4n) is 2.05. The molecule has 0 radical (unpaired) electrons. The van der Waals surface area contributed by atoms with E-state index in [1.54, 1.807) is 6.92 Å². The highest BCUT2D eigenvalue weighted by Crippen LogP contribution is 2.24. The first-order valence-corrected chi connectivity index (χ1v) is 6.49. The second-order valence-corrected chi connectivity index (χ2v) is 4.86. The van der Waals surface area contributed by atoms with Gasteiger partial charge in [-0.1, -0.05) is 12.1 Å². The van der Waals surface area contributed by atoms with Crippen LogP contribution in [-0.2, 0) is 0 Å². The van der Waals surface area contributed by atoms with Crippen molar-refractivity contribution in [1.29, 1.82) is 0 Å². The SMILES string of the molecule is CC(c1ccc(F)c(F)c1)N(C)C(=O)c1c(F)cccc1F. The Hall–Kier alpha value is -2.37. The summed E-state index contributed by atoms with van der Waals surface area (Å²) < 4.78 is 53.5. The lowest BCUT2D eigenvalue weighted by Gasteiger charge is -2.25. The fraction of sp³-hybridized carbons (Fsp3) is 0.188. The zero-order chi connectivity index (χ0) is 16.4. The monoisotopic (exact) mass is 311 g/mol. The van der Waals surface area contributed by atoms with Gasteiger partial charge in [0.1, 0.15) is 17.2 Å². The van der Waals surface area contributed by atoms with Crippen molar-refractivity contribution in [2.75, 3.05) is 7.05 Å². The number of benzene rings is 2. The summed E-state index contributed by atoms with van der Waals surface area (Å²) in [7, 11) is 1.33. The topological polar surface area (TPSA) is 20.3 Å². The van der Waals surface area contributed by atoms with Crippen molar-refractivity contribution in [3.63, 3.8) is 0 Å². The lowest BCUT2D eigenvalue weighted by molar-refractivity contribution is 0.0732. The summed E-state index contributed by atoms with van der Waals surface area (Å²) in [5.74, 6) is -4.90. The molecule has 0 spiro atoms. The molecule has 22 heavy (non-hydrogen) atoms. The summed E-state index contributed by atoms with van der Waals surface area (Å²) in [6.07, 6.45) is 0. The molecule has 1 atom stereocenters. The maximum absolute atomic E-state index is 13.6. The van der Waals surface area contributed by atoms with E-state index in [9.17, 15) is 22.4 Å². The smallest absolute Gasteiger partial charge is 0.260 e. The third-order valence-corrected chi connectivity index (χ3v) is 3.50. The first-order valence-electron chi connectivity index (χ1n) is 6.49. The van der Waals surface area contributed by atoms with Crippen LogP contribution in [0.25, 0.3) is 0 Å². The van der Waals surface area contributed by atoms with Crippen LogP contribution in [0, 0.1) is 23.3 Å². The van der Waals surface area contributed by atoms with E-state index in [4.69, 9.17) is 0 Å². The van der Waals surface area contributed by atoms with Crippen LogP contribution in [-0.4, -0.2) is 17.9 Å². The molecule has 0 saturated carbocycles. The van der Waals surface area contributed by atoms with Gasteiger partial charge in [0.2, 0.25) is 0 Å². The number of carbonyl (C=O) groups is 1. The Morgan fingerprint density at radius 2 is 1.55 bits per heavy atom. The van der Waals surface area contributed by atoms with Crippen molar-refractivity contribution in [3.8, 4) is 0 Å². The number of nitrogens with zero attached hydrogens (tertiary/aromatic N) is 1. The van der Waals surface area contributed by atoms with Crippen LogP contribution < -0.4 is 0 Å². The molecule has 6 heteroatoms. The van der Waals surface area contributed by atoms with Gasteiger partial charge in [-0.05, 0) is 36.8 Å². The Morgan fingerprint density at radius 3 is 2.09 bits per heavy atom. The summed E-state index contributed by atoms with van der Waals surface area (Å²) in [5, 5.41) is 0. The number of hydrogen-bond donors (Lipinski definition) is 0. The van der Waals surface area contributed by atoms with E-state index >= 15 is 0 Å². The zero-order valence-electron chi connectivity index (χ0n) is 11.9. The van der Waals surface area contributed by atoms with Crippen molar-refractivity contribution in [2.45, 2.75) is 13.0 Å². The number of halogens is 4. The first kappa shape index (κ1) is 16.0. The molecule has 0 aliphatic rings. The molecule has 0 bridgehead atoms. The molecule has 2 nitrogen and oxygen atoms in total. The molecule has 0 aromatic heterocycles. The maximum Gasteiger partial charge on any atom is 0.260 e. The van der Waals surface area contributed by atoms with E-state index < -0.39 is 40.8 Å². The van der Waals surface area contributed by atoms with Crippen LogP contribution >= 0.6 is 0 Å². The summed E-state index contributed by atoms with van der Waals surface area (Å²) in [6, 6.07) is 5.61. The highest BCUT2D eigenvalue weighted by atomic mass is 19.2. The van der Waals surface area contributed by atoms with Gasteiger partial charge in [-0.3, -0.25) is 4.79 Å². The van der Waals surface area contributed by atoms with Gasteiger partial charge in [-0.15, -0.1) is 0 Å². The average Bonchev–Trinajstić information content (AvgIpc) is 2.48. The van der Waals surface area contributed by atoms with Gasteiger partial charge in [0.25, 0.3) is 5.91 Å². The molecular formula is C16H13F4NO. The molecule has 2 rings (SSSR count). The Labute approximate surface area is 125 Å². The average molecular weight is 311 g/mol. The van der Waals surface area contributed by atoms with Crippen molar-refractivity contribution >= 4 is 5.91 Å². The third-order valence-electron chi connectivity index (χ3n) is 3.50. The van der Waals surface area contributed by atoms with Crippen LogP contribution in [0.5, 0.6) is 0 Å². The summed E-state index contributed by atoms with van der Waals surface area (Å²) in [4.78, 5) is 13.3.